The Hall–Kier alpha value is -1.69. The quantitative estimate of drug-likeness (QED) is 0.784. The number of nitrogens with zero attached hydrogens (tertiary/aromatic N) is 3. The molecule has 1 aromatic carbocycles. The minimum absolute atomic E-state index is 0.488. The maximum Gasteiger partial charge on any atom is 0.249 e. The minimum Gasteiger partial charge on any atom is -0.369 e. The summed E-state index contributed by atoms with van der Waals surface area (Å²) in [7, 11) is 0. The number of benzene rings is 1. The zero-order chi connectivity index (χ0) is 14.4. The van der Waals surface area contributed by atoms with E-state index in [2.05, 4.69) is 48.7 Å². The molecule has 2 rings (SSSR count). The van der Waals surface area contributed by atoms with Gasteiger partial charge in [-0.2, -0.15) is 10.1 Å². The lowest BCUT2D eigenvalue weighted by Gasteiger charge is -2.08. The first-order chi connectivity index (χ1) is 9.69. The Balaban J connectivity index is 2.05. The first-order valence-corrected chi connectivity index (χ1v) is 7.45. The second-order valence-corrected chi connectivity index (χ2v) is 5.39. The van der Waals surface area contributed by atoms with Crippen LogP contribution in [0.15, 0.2) is 28.9 Å². The van der Waals surface area contributed by atoms with Crippen molar-refractivity contribution in [2.24, 2.45) is 0 Å². The van der Waals surface area contributed by atoms with Crippen molar-refractivity contribution in [3.05, 3.63) is 34.4 Å². The number of nitrogens with one attached hydrogen (secondary N) is 2. The summed E-state index contributed by atoms with van der Waals surface area (Å²) in [6, 6.07) is 6.01. The van der Waals surface area contributed by atoms with E-state index in [1.165, 1.54) is 5.56 Å². The molecule has 0 fully saturated rings. The van der Waals surface area contributed by atoms with Crippen molar-refractivity contribution >= 4 is 33.4 Å². The summed E-state index contributed by atoms with van der Waals surface area (Å²) in [5, 5.41) is 14.3. The van der Waals surface area contributed by atoms with Gasteiger partial charge in [0.2, 0.25) is 5.95 Å². The number of hydrogen-bond donors (Lipinski definition) is 2. The molecule has 0 aliphatic rings. The van der Waals surface area contributed by atoms with Gasteiger partial charge in [-0.25, -0.2) is 0 Å². The molecular formula is C14H18BrN5. The second-order valence-electron chi connectivity index (χ2n) is 4.53. The average molecular weight is 336 g/mol. The van der Waals surface area contributed by atoms with E-state index in [1.807, 2.05) is 25.1 Å². The molecule has 2 aromatic rings. The number of aromatic nitrogens is 3. The smallest absolute Gasteiger partial charge is 0.249 e. The molecule has 0 atom stereocenters. The van der Waals surface area contributed by atoms with Gasteiger partial charge in [-0.3, -0.25) is 0 Å². The third kappa shape index (κ3) is 4.16. The van der Waals surface area contributed by atoms with Gasteiger partial charge in [0.05, 0.1) is 6.20 Å². The molecule has 1 heterocycles. The van der Waals surface area contributed by atoms with Crippen molar-refractivity contribution in [2.75, 3.05) is 17.2 Å². The van der Waals surface area contributed by atoms with Gasteiger partial charge in [-0.15, -0.1) is 5.10 Å². The Morgan fingerprint density at radius 2 is 2.15 bits per heavy atom. The molecule has 0 aliphatic heterocycles. The molecule has 0 saturated carbocycles. The molecule has 0 unspecified atom stereocenters. The van der Waals surface area contributed by atoms with E-state index in [1.54, 1.807) is 6.20 Å². The number of rotatable bonds is 6. The molecular weight excluding hydrogens is 318 g/mol. The van der Waals surface area contributed by atoms with Crippen molar-refractivity contribution in [1.29, 1.82) is 0 Å². The molecule has 5 nitrogen and oxygen atoms in total. The van der Waals surface area contributed by atoms with Gasteiger partial charge in [0.25, 0.3) is 0 Å². The highest BCUT2D eigenvalue weighted by Crippen LogP contribution is 2.22. The van der Waals surface area contributed by atoms with E-state index < -0.39 is 0 Å². The highest BCUT2D eigenvalue weighted by atomic mass is 79.9. The number of anilines is 3. The molecule has 20 heavy (non-hydrogen) atoms. The lowest BCUT2D eigenvalue weighted by Crippen LogP contribution is -2.06. The lowest BCUT2D eigenvalue weighted by molar-refractivity contribution is 0.827. The van der Waals surface area contributed by atoms with Crippen molar-refractivity contribution in [3.8, 4) is 0 Å². The van der Waals surface area contributed by atoms with Crippen LogP contribution < -0.4 is 10.6 Å². The van der Waals surface area contributed by atoms with Crippen molar-refractivity contribution in [2.45, 2.75) is 26.7 Å². The molecule has 0 aliphatic carbocycles. The lowest BCUT2D eigenvalue weighted by atomic mass is 10.2. The van der Waals surface area contributed by atoms with Crippen LogP contribution in [0.4, 0.5) is 17.5 Å². The molecule has 0 spiro atoms. The maximum atomic E-state index is 4.38. The SMILES string of the molecule is CCCCNc1cnnc(Nc2ccc(C)c(Br)c2)n1. The van der Waals surface area contributed by atoms with Crippen LogP contribution in [0.3, 0.4) is 0 Å². The summed E-state index contributed by atoms with van der Waals surface area (Å²) in [5.74, 6) is 1.23. The standard InChI is InChI=1S/C14H18BrN5/c1-3-4-7-16-13-9-17-20-14(19-13)18-11-6-5-10(2)12(15)8-11/h5-6,8-9H,3-4,7H2,1-2H3,(H2,16,18,19,20). The second kappa shape index (κ2) is 7.19. The van der Waals surface area contributed by atoms with Crippen LogP contribution in [-0.2, 0) is 0 Å². The van der Waals surface area contributed by atoms with E-state index in [0.29, 0.717) is 5.95 Å². The summed E-state index contributed by atoms with van der Waals surface area (Å²) in [6.07, 6.45) is 3.89. The van der Waals surface area contributed by atoms with Gasteiger partial charge >= 0.3 is 0 Å². The number of unbranched alkanes of at least 4 members (excludes halogenated alkanes) is 1. The van der Waals surface area contributed by atoms with E-state index in [4.69, 9.17) is 0 Å². The average Bonchev–Trinajstić information content (AvgIpc) is 2.44. The van der Waals surface area contributed by atoms with E-state index in [0.717, 1.165) is 35.4 Å². The van der Waals surface area contributed by atoms with Crippen molar-refractivity contribution < 1.29 is 0 Å². The first kappa shape index (κ1) is 14.7. The Morgan fingerprint density at radius 3 is 2.90 bits per heavy atom. The predicted molar refractivity (Wildman–Crippen MR) is 85.4 cm³/mol. The molecule has 0 amide bonds. The normalized spacial score (nSPS) is 10.3. The van der Waals surface area contributed by atoms with Gasteiger partial charge in [-0.05, 0) is 31.0 Å². The Labute approximate surface area is 127 Å². The highest BCUT2D eigenvalue weighted by Gasteiger charge is 2.02. The van der Waals surface area contributed by atoms with Crippen LogP contribution in [0.25, 0.3) is 0 Å². The van der Waals surface area contributed by atoms with Crippen molar-refractivity contribution in [3.63, 3.8) is 0 Å². The van der Waals surface area contributed by atoms with Gasteiger partial charge in [0.1, 0.15) is 0 Å². The number of hydrogen-bond acceptors (Lipinski definition) is 5. The third-order valence-electron chi connectivity index (χ3n) is 2.82. The monoisotopic (exact) mass is 335 g/mol. The van der Waals surface area contributed by atoms with Crippen LogP contribution in [0.5, 0.6) is 0 Å². The molecule has 1 aromatic heterocycles. The predicted octanol–water partition coefficient (Wildman–Crippen LogP) is 3.90. The molecule has 6 heteroatoms. The third-order valence-corrected chi connectivity index (χ3v) is 3.68. The maximum absolute atomic E-state index is 4.38. The van der Waals surface area contributed by atoms with Crippen LogP contribution >= 0.6 is 15.9 Å². The fraction of sp³-hybridized carbons (Fsp3) is 0.357. The van der Waals surface area contributed by atoms with E-state index >= 15 is 0 Å². The zero-order valence-electron chi connectivity index (χ0n) is 11.7. The summed E-state index contributed by atoms with van der Waals surface area (Å²) in [6.45, 7) is 5.09. The minimum atomic E-state index is 0.488. The van der Waals surface area contributed by atoms with E-state index in [-0.39, 0.29) is 0 Å². The van der Waals surface area contributed by atoms with Crippen LogP contribution in [0, 0.1) is 6.92 Å². The largest absolute Gasteiger partial charge is 0.369 e. The number of halogens is 1. The first-order valence-electron chi connectivity index (χ1n) is 6.66. The molecule has 0 bridgehead atoms. The van der Waals surface area contributed by atoms with Gasteiger partial charge in [0.15, 0.2) is 5.82 Å². The van der Waals surface area contributed by atoms with Crippen LogP contribution in [0.2, 0.25) is 0 Å². The topological polar surface area (TPSA) is 62.7 Å². The summed E-state index contributed by atoms with van der Waals surface area (Å²) >= 11 is 3.51. The highest BCUT2D eigenvalue weighted by molar-refractivity contribution is 9.10. The Morgan fingerprint density at radius 1 is 1.30 bits per heavy atom. The molecule has 0 saturated heterocycles. The van der Waals surface area contributed by atoms with Crippen LogP contribution in [-0.4, -0.2) is 21.7 Å². The summed E-state index contributed by atoms with van der Waals surface area (Å²) < 4.78 is 1.05. The summed E-state index contributed by atoms with van der Waals surface area (Å²) in [4.78, 5) is 4.38. The fourth-order valence-electron chi connectivity index (χ4n) is 1.63. The molecule has 2 N–H and O–H groups in total. The van der Waals surface area contributed by atoms with Crippen LogP contribution in [0.1, 0.15) is 25.3 Å². The summed E-state index contributed by atoms with van der Waals surface area (Å²) in [5.41, 5.74) is 2.11. The fourth-order valence-corrected chi connectivity index (χ4v) is 2.01. The molecule has 0 radical (unpaired) electrons. The van der Waals surface area contributed by atoms with Gasteiger partial charge < -0.3 is 10.6 Å². The zero-order valence-corrected chi connectivity index (χ0v) is 13.2. The Bertz CT molecular complexity index is 573. The van der Waals surface area contributed by atoms with Gasteiger partial charge in [0, 0.05) is 16.7 Å². The van der Waals surface area contributed by atoms with Crippen molar-refractivity contribution in [1.82, 2.24) is 15.2 Å². The number of aryl methyl sites for hydroxylation is 1. The molecule has 106 valence electrons. The van der Waals surface area contributed by atoms with Gasteiger partial charge in [-0.1, -0.05) is 35.3 Å². The van der Waals surface area contributed by atoms with E-state index in [9.17, 15) is 0 Å². The Kier molecular flexibility index (Phi) is 5.29.